The molecule has 0 aromatic heterocycles. The summed E-state index contributed by atoms with van der Waals surface area (Å²) in [5.41, 5.74) is 1.56. The van der Waals surface area contributed by atoms with E-state index in [0.717, 1.165) is 16.3 Å². The van der Waals surface area contributed by atoms with Gasteiger partial charge in [-0.3, -0.25) is 9.59 Å². The molecule has 0 saturated heterocycles. The van der Waals surface area contributed by atoms with Crippen LogP contribution in [0.5, 0.6) is 0 Å². The molecule has 0 heterocycles. The second-order valence-electron chi connectivity index (χ2n) is 4.87. The van der Waals surface area contributed by atoms with E-state index >= 15 is 0 Å². The Morgan fingerprint density at radius 1 is 1.05 bits per heavy atom. The highest BCUT2D eigenvalue weighted by molar-refractivity contribution is 6.63. The lowest BCUT2D eigenvalue weighted by atomic mass is 9.93. The van der Waals surface area contributed by atoms with Crippen molar-refractivity contribution in [1.29, 1.82) is 0 Å². The number of rotatable bonds is 4. The summed E-state index contributed by atoms with van der Waals surface area (Å²) in [4.78, 5) is 23.3. The van der Waals surface area contributed by atoms with E-state index in [1.54, 1.807) is 0 Å². The van der Waals surface area contributed by atoms with E-state index in [-0.39, 0.29) is 18.1 Å². The molecule has 19 heavy (non-hydrogen) atoms. The molecule has 0 fully saturated rings. The first-order valence-electron chi connectivity index (χ1n) is 6.24. The van der Waals surface area contributed by atoms with Crippen LogP contribution in [-0.2, 0) is 11.2 Å². The predicted octanol–water partition coefficient (Wildman–Crippen LogP) is 3.99. The van der Waals surface area contributed by atoms with Crippen LogP contribution >= 0.6 is 11.6 Å². The first kappa shape index (κ1) is 13.8. The Hall–Kier alpha value is -1.67. The molecule has 0 spiro atoms. The maximum Gasteiger partial charge on any atom is 0.226 e. The van der Waals surface area contributed by atoms with Crippen molar-refractivity contribution in [2.45, 2.75) is 20.3 Å². The fourth-order valence-corrected chi connectivity index (χ4v) is 2.35. The van der Waals surface area contributed by atoms with Crippen LogP contribution < -0.4 is 0 Å². The maximum atomic E-state index is 12.2. The van der Waals surface area contributed by atoms with Crippen LogP contribution in [0.25, 0.3) is 10.8 Å². The summed E-state index contributed by atoms with van der Waals surface area (Å²) >= 11 is 5.46. The maximum absolute atomic E-state index is 12.2. The Labute approximate surface area is 117 Å². The van der Waals surface area contributed by atoms with Crippen molar-refractivity contribution in [3.05, 3.63) is 47.5 Å². The molecule has 0 aliphatic heterocycles. The first-order valence-corrected chi connectivity index (χ1v) is 6.61. The normalized spacial score (nSPS) is 10.9. The van der Waals surface area contributed by atoms with Gasteiger partial charge in [0.05, 0.1) is 0 Å². The van der Waals surface area contributed by atoms with Gasteiger partial charge in [-0.25, -0.2) is 0 Å². The van der Waals surface area contributed by atoms with Gasteiger partial charge in [0.1, 0.15) is 0 Å². The summed E-state index contributed by atoms with van der Waals surface area (Å²) in [5.74, 6) is 0.0591. The monoisotopic (exact) mass is 274 g/mol. The molecule has 0 aliphatic rings. The molecule has 0 unspecified atom stereocenters. The number of ketones is 1. The molecular formula is C16H15ClO2. The van der Waals surface area contributed by atoms with E-state index < -0.39 is 5.24 Å². The van der Waals surface area contributed by atoms with Gasteiger partial charge >= 0.3 is 0 Å². The molecule has 0 N–H and O–H groups in total. The van der Waals surface area contributed by atoms with Gasteiger partial charge in [-0.15, -0.1) is 0 Å². The third kappa shape index (κ3) is 2.85. The zero-order valence-corrected chi connectivity index (χ0v) is 11.7. The second-order valence-corrected chi connectivity index (χ2v) is 5.29. The summed E-state index contributed by atoms with van der Waals surface area (Å²) in [6.45, 7) is 3.76. The fraction of sp³-hybridized carbons (Fsp3) is 0.250. The Bertz CT molecular complexity index is 644. The minimum absolute atomic E-state index is 0.0519. The van der Waals surface area contributed by atoms with E-state index in [4.69, 9.17) is 11.6 Å². The molecule has 2 aromatic carbocycles. The quantitative estimate of drug-likeness (QED) is 0.624. The average Bonchev–Trinajstić information content (AvgIpc) is 2.37. The largest absolute Gasteiger partial charge is 0.294 e. The van der Waals surface area contributed by atoms with Crippen LogP contribution in [0.3, 0.4) is 0 Å². The molecule has 2 nitrogen and oxygen atoms in total. The number of hydrogen-bond donors (Lipinski definition) is 0. The zero-order chi connectivity index (χ0) is 14.0. The van der Waals surface area contributed by atoms with E-state index in [0.29, 0.717) is 5.56 Å². The van der Waals surface area contributed by atoms with Crippen molar-refractivity contribution in [1.82, 2.24) is 0 Å². The third-order valence-electron chi connectivity index (χ3n) is 3.13. The van der Waals surface area contributed by atoms with E-state index in [1.165, 1.54) is 0 Å². The number of fused-ring (bicyclic) bond motifs is 1. The minimum atomic E-state index is -0.395. The molecule has 0 amide bonds. The smallest absolute Gasteiger partial charge is 0.226 e. The molecule has 98 valence electrons. The van der Waals surface area contributed by atoms with E-state index in [1.807, 2.05) is 50.2 Å². The minimum Gasteiger partial charge on any atom is -0.294 e. The fourth-order valence-electron chi connectivity index (χ4n) is 2.20. The van der Waals surface area contributed by atoms with Crippen LogP contribution in [0.2, 0.25) is 0 Å². The van der Waals surface area contributed by atoms with Crippen LogP contribution in [0, 0.1) is 5.92 Å². The Kier molecular flexibility index (Phi) is 4.01. The topological polar surface area (TPSA) is 34.1 Å². The number of carbonyl (C=O) groups excluding carboxylic acids is 2. The lowest BCUT2D eigenvalue weighted by Gasteiger charge is -2.10. The molecule has 0 aliphatic carbocycles. The van der Waals surface area contributed by atoms with Crippen molar-refractivity contribution >= 4 is 33.4 Å². The summed E-state index contributed by atoms with van der Waals surface area (Å²) in [6.07, 6.45) is 0.179. The number of halogens is 1. The molecule has 2 rings (SSSR count). The molecular weight excluding hydrogens is 260 g/mol. The Balaban J connectivity index is 2.64. The third-order valence-corrected chi connectivity index (χ3v) is 3.27. The summed E-state index contributed by atoms with van der Waals surface area (Å²) < 4.78 is 0. The molecule has 3 heteroatoms. The van der Waals surface area contributed by atoms with Crippen LogP contribution in [0.1, 0.15) is 29.8 Å². The van der Waals surface area contributed by atoms with Crippen LogP contribution in [0.15, 0.2) is 36.4 Å². The molecule has 0 saturated carbocycles. The van der Waals surface area contributed by atoms with E-state index in [2.05, 4.69) is 0 Å². The standard InChI is InChI=1S/C16H15ClO2/c1-10(2)16(19)14-8-4-6-12-11(9-15(17)18)5-3-7-13(12)14/h3-8,10H,9H2,1-2H3. The number of hydrogen-bond acceptors (Lipinski definition) is 2. The van der Waals surface area contributed by atoms with E-state index in [9.17, 15) is 9.59 Å². The van der Waals surface area contributed by atoms with Gasteiger partial charge in [-0.05, 0) is 27.9 Å². The highest BCUT2D eigenvalue weighted by Gasteiger charge is 2.14. The summed E-state index contributed by atoms with van der Waals surface area (Å²) in [6, 6.07) is 11.2. The lowest BCUT2D eigenvalue weighted by Crippen LogP contribution is -2.08. The van der Waals surface area contributed by atoms with Crippen molar-refractivity contribution in [3.63, 3.8) is 0 Å². The number of carbonyl (C=O) groups is 2. The van der Waals surface area contributed by atoms with Crippen LogP contribution in [0.4, 0.5) is 0 Å². The highest BCUT2D eigenvalue weighted by Crippen LogP contribution is 2.25. The van der Waals surface area contributed by atoms with Gasteiger partial charge in [0.25, 0.3) is 0 Å². The van der Waals surface area contributed by atoms with Crippen molar-refractivity contribution < 1.29 is 9.59 Å². The number of benzene rings is 2. The van der Waals surface area contributed by atoms with Crippen LogP contribution in [-0.4, -0.2) is 11.0 Å². The average molecular weight is 275 g/mol. The first-order chi connectivity index (χ1) is 9.00. The predicted molar refractivity (Wildman–Crippen MR) is 77.7 cm³/mol. The van der Waals surface area contributed by atoms with Gasteiger partial charge in [-0.2, -0.15) is 0 Å². The van der Waals surface area contributed by atoms with Gasteiger partial charge in [0.15, 0.2) is 5.78 Å². The lowest BCUT2D eigenvalue weighted by molar-refractivity contribution is -0.111. The van der Waals surface area contributed by atoms with Crippen molar-refractivity contribution in [2.24, 2.45) is 5.92 Å². The Morgan fingerprint density at radius 3 is 2.32 bits per heavy atom. The SMILES string of the molecule is CC(C)C(=O)c1cccc2c(CC(=O)Cl)cccc12. The highest BCUT2D eigenvalue weighted by atomic mass is 35.5. The van der Waals surface area contributed by atoms with Crippen molar-refractivity contribution in [2.75, 3.05) is 0 Å². The second kappa shape index (κ2) is 5.54. The zero-order valence-electron chi connectivity index (χ0n) is 10.9. The molecule has 2 aromatic rings. The van der Waals surface area contributed by atoms with Crippen molar-refractivity contribution in [3.8, 4) is 0 Å². The molecule has 0 radical (unpaired) electrons. The van der Waals surface area contributed by atoms with Gasteiger partial charge < -0.3 is 0 Å². The van der Waals surface area contributed by atoms with Gasteiger partial charge in [0, 0.05) is 17.9 Å². The Morgan fingerprint density at radius 2 is 1.68 bits per heavy atom. The van der Waals surface area contributed by atoms with Gasteiger partial charge in [-0.1, -0.05) is 50.2 Å². The number of Topliss-reactive ketones (excluding diaryl/α,β-unsaturated/α-hetero) is 1. The molecule has 0 atom stereocenters. The molecule has 0 bridgehead atoms. The summed E-state index contributed by atoms with van der Waals surface area (Å²) in [7, 11) is 0. The van der Waals surface area contributed by atoms with Gasteiger partial charge in [0.2, 0.25) is 5.24 Å². The summed E-state index contributed by atoms with van der Waals surface area (Å²) in [5, 5.41) is 1.41.